The molecule has 0 bridgehead atoms. The van der Waals surface area contributed by atoms with Crippen LogP contribution in [0.4, 0.5) is 8.78 Å². The third-order valence-electron chi connectivity index (χ3n) is 6.03. The van der Waals surface area contributed by atoms with Crippen molar-refractivity contribution in [2.75, 3.05) is 26.2 Å². The Morgan fingerprint density at radius 1 is 0.800 bits per heavy atom. The molecule has 3 aromatic rings. The molecule has 4 nitrogen and oxygen atoms in total. The van der Waals surface area contributed by atoms with Gasteiger partial charge in [-0.1, -0.05) is 69.2 Å². The third kappa shape index (κ3) is 14.3. The minimum atomic E-state index is -0.521. The fourth-order valence-corrected chi connectivity index (χ4v) is 4.27. The number of hydrogen-bond acceptors (Lipinski definition) is 3. The minimum absolute atomic E-state index is 0.0205. The lowest BCUT2D eigenvalue weighted by Gasteiger charge is -2.20. The molecule has 0 atom stereocenters. The van der Waals surface area contributed by atoms with Crippen LogP contribution < -0.4 is 10.6 Å². The molecule has 0 spiro atoms. The highest BCUT2D eigenvalue weighted by Crippen LogP contribution is 2.13. The molecule has 220 valence electrons. The highest BCUT2D eigenvalue weighted by Gasteiger charge is 2.09. The molecule has 0 aliphatic carbocycles. The topological polar surface area (TPSA) is 44.4 Å². The highest BCUT2D eigenvalue weighted by molar-refractivity contribution is 5.94. The zero-order valence-corrected chi connectivity index (χ0v) is 25.5. The lowest BCUT2D eigenvalue weighted by atomic mass is 10.1. The molecule has 0 aromatic heterocycles. The van der Waals surface area contributed by atoms with E-state index in [1.165, 1.54) is 28.8 Å². The lowest BCUT2D eigenvalue weighted by molar-refractivity contribution is 0.0953. The van der Waals surface area contributed by atoms with E-state index in [0.717, 1.165) is 62.8 Å². The van der Waals surface area contributed by atoms with Crippen LogP contribution in [0.5, 0.6) is 0 Å². The summed E-state index contributed by atoms with van der Waals surface area (Å²) in [5.41, 5.74) is 6.30. The van der Waals surface area contributed by atoms with E-state index in [4.69, 9.17) is 0 Å². The van der Waals surface area contributed by atoms with Crippen molar-refractivity contribution in [3.63, 3.8) is 0 Å². The van der Waals surface area contributed by atoms with E-state index in [1.807, 2.05) is 26.0 Å². The van der Waals surface area contributed by atoms with Gasteiger partial charge in [0.05, 0.1) is 0 Å². The van der Waals surface area contributed by atoms with E-state index in [0.29, 0.717) is 12.1 Å². The first kappa shape index (κ1) is 34.9. The SMILES string of the molecule is CC.CCCN(CC)Cc1cc(C)cc(C(=O)NCCCNCc2cccc(C)c2)c1.Cc1cc(F)cc(F)c1. The van der Waals surface area contributed by atoms with Crippen LogP contribution in [-0.4, -0.2) is 37.0 Å². The minimum Gasteiger partial charge on any atom is -0.352 e. The molecule has 0 fully saturated rings. The molecule has 0 radical (unpaired) electrons. The first-order chi connectivity index (χ1) is 19.2. The fourth-order valence-electron chi connectivity index (χ4n) is 4.27. The fraction of sp³-hybridized carbons (Fsp3) is 0.441. The number of benzene rings is 3. The Balaban J connectivity index is 0.000000609. The summed E-state index contributed by atoms with van der Waals surface area (Å²) in [6, 6.07) is 18.1. The van der Waals surface area contributed by atoms with E-state index in [2.05, 4.69) is 73.6 Å². The van der Waals surface area contributed by atoms with E-state index >= 15 is 0 Å². The van der Waals surface area contributed by atoms with Crippen LogP contribution in [0.1, 0.15) is 78.7 Å². The quantitative estimate of drug-likeness (QED) is 0.226. The molecule has 3 rings (SSSR count). The van der Waals surface area contributed by atoms with Gasteiger partial charge >= 0.3 is 0 Å². The number of rotatable bonds is 12. The molecule has 1 amide bonds. The molecule has 3 aromatic carbocycles. The van der Waals surface area contributed by atoms with Crippen molar-refractivity contribution in [3.8, 4) is 0 Å². The van der Waals surface area contributed by atoms with Gasteiger partial charge in [0.2, 0.25) is 0 Å². The summed E-state index contributed by atoms with van der Waals surface area (Å²) < 4.78 is 24.4. The zero-order chi connectivity index (χ0) is 29.9. The van der Waals surface area contributed by atoms with Crippen LogP contribution in [0.2, 0.25) is 0 Å². The van der Waals surface area contributed by atoms with E-state index < -0.39 is 11.6 Å². The first-order valence-corrected chi connectivity index (χ1v) is 14.5. The molecule has 0 saturated carbocycles. The first-order valence-electron chi connectivity index (χ1n) is 14.5. The van der Waals surface area contributed by atoms with Gasteiger partial charge in [0.15, 0.2) is 0 Å². The molecule has 2 N–H and O–H groups in total. The second-order valence-electron chi connectivity index (χ2n) is 9.80. The summed E-state index contributed by atoms with van der Waals surface area (Å²) in [7, 11) is 0. The number of halogens is 2. The zero-order valence-electron chi connectivity index (χ0n) is 25.5. The van der Waals surface area contributed by atoms with Crippen molar-refractivity contribution in [3.05, 3.63) is 106 Å². The highest BCUT2D eigenvalue weighted by atomic mass is 19.1. The number of nitrogens with zero attached hydrogens (tertiary/aromatic N) is 1. The smallest absolute Gasteiger partial charge is 0.251 e. The van der Waals surface area contributed by atoms with Gasteiger partial charge in [-0.2, -0.15) is 0 Å². The number of amides is 1. The Hall–Kier alpha value is -3.09. The van der Waals surface area contributed by atoms with Gasteiger partial charge in [0.25, 0.3) is 5.91 Å². The van der Waals surface area contributed by atoms with Crippen molar-refractivity contribution in [2.45, 2.75) is 74.4 Å². The van der Waals surface area contributed by atoms with Gasteiger partial charge in [-0.05, 0) is 94.2 Å². The molecular formula is C34H49F2N3O. The molecule has 0 saturated heterocycles. The Morgan fingerprint density at radius 2 is 1.45 bits per heavy atom. The number of hydrogen-bond donors (Lipinski definition) is 2. The van der Waals surface area contributed by atoms with Crippen LogP contribution in [0.3, 0.4) is 0 Å². The number of aryl methyl sites for hydroxylation is 3. The summed E-state index contributed by atoms with van der Waals surface area (Å²) >= 11 is 0. The average molecular weight is 554 g/mol. The molecular weight excluding hydrogens is 504 g/mol. The van der Waals surface area contributed by atoms with Gasteiger partial charge in [0.1, 0.15) is 11.6 Å². The van der Waals surface area contributed by atoms with Gasteiger partial charge in [0, 0.05) is 31.3 Å². The number of nitrogens with one attached hydrogen (secondary N) is 2. The largest absolute Gasteiger partial charge is 0.352 e. The van der Waals surface area contributed by atoms with Crippen molar-refractivity contribution < 1.29 is 13.6 Å². The maximum Gasteiger partial charge on any atom is 0.251 e. The summed E-state index contributed by atoms with van der Waals surface area (Å²) in [4.78, 5) is 15.0. The van der Waals surface area contributed by atoms with Crippen LogP contribution in [0.15, 0.2) is 60.7 Å². The average Bonchev–Trinajstić information content (AvgIpc) is 2.90. The predicted molar refractivity (Wildman–Crippen MR) is 165 cm³/mol. The Morgan fingerprint density at radius 3 is 2.05 bits per heavy atom. The van der Waals surface area contributed by atoms with Gasteiger partial charge in [-0.25, -0.2) is 8.78 Å². The van der Waals surface area contributed by atoms with E-state index in [9.17, 15) is 13.6 Å². The second-order valence-corrected chi connectivity index (χ2v) is 9.80. The molecule has 0 unspecified atom stereocenters. The molecule has 0 aliphatic heterocycles. The Bertz CT molecular complexity index is 1100. The van der Waals surface area contributed by atoms with Gasteiger partial charge in [-0.3, -0.25) is 9.69 Å². The normalized spacial score (nSPS) is 10.3. The van der Waals surface area contributed by atoms with Gasteiger partial charge < -0.3 is 10.6 Å². The maximum atomic E-state index is 12.6. The van der Waals surface area contributed by atoms with E-state index in [-0.39, 0.29) is 5.91 Å². The standard InChI is InChI=1S/C25H37N3O.C7H6F2.C2H6/c1-5-13-28(6-2)19-23-15-21(4)16-24(17-23)25(29)27-12-8-11-26-18-22-10-7-9-20(3)14-22;1-5-2-6(8)4-7(9)3-5;1-2/h7,9-10,14-17,26H,5-6,8,11-13,18-19H2,1-4H3,(H,27,29);2-4H,1H3;1-2H3. The van der Waals surface area contributed by atoms with Crippen LogP contribution in [-0.2, 0) is 13.1 Å². The number of carbonyl (C=O) groups is 1. The van der Waals surface area contributed by atoms with Crippen LogP contribution in [0.25, 0.3) is 0 Å². The molecule has 0 aliphatic rings. The summed E-state index contributed by atoms with van der Waals surface area (Å²) in [5.74, 6) is -1.02. The van der Waals surface area contributed by atoms with Crippen molar-refractivity contribution >= 4 is 5.91 Å². The lowest BCUT2D eigenvalue weighted by Crippen LogP contribution is -2.28. The summed E-state index contributed by atoms with van der Waals surface area (Å²) in [6.45, 7) is 19.6. The Kier molecular flexibility index (Phi) is 17.4. The Labute approximate surface area is 241 Å². The predicted octanol–water partition coefficient (Wildman–Crippen LogP) is 7.74. The second kappa shape index (κ2) is 19.9. The molecule has 40 heavy (non-hydrogen) atoms. The van der Waals surface area contributed by atoms with Crippen molar-refractivity contribution in [2.24, 2.45) is 0 Å². The van der Waals surface area contributed by atoms with Crippen molar-refractivity contribution in [1.82, 2.24) is 15.5 Å². The number of carbonyl (C=O) groups excluding carboxylic acids is 1. The van der Waals surface area contributed by atoms with Crippen LogP contribution in [0, 0.1) is 32.4 Å². The molecule has 6 heteroatoms. The summed E-state index contributed by atoms with van der Waals surface area (Å²) in [5, 5.41) is 6.50. The maximum absolute atomic E-state index is 12.6. The van der Waals surface area contributed by atoms with Gasteiger partial charge in [-0.15, -0.1) is 0 Å². The monoisotopic (exact) mass is 553 g/mol. The third-order valence-corrected chi connectivity index (χ3v) is 6.03. The van der Waals surface area contributed by atoms with Crippen LogP contribution >= 0.6 is 0 Å². The van der Waals surface area contributed by atoms with E-state index in [1.54, 1.807) is 6.92 Å². The van der Waals surface area contributed by atoms with Crippen molar-refractivity contribution in [1.29, 1.82) is 0 Å². The summed E-state index contributed by atoms with van der Waals surface area (Å²) in [6.07, 6.45) is 2.06. The molecule has 0 heterocycles.